The summed E-state index contributed by atoms with van der Waals surface area (Å²) in [7, 11) is -3.70. The summed E-state index contributed by atoms with van der Waals surface area (Å²) >= 11 is 1.74. The molecule has 1 aliphatic heterocycles. The number of aryl methyl sites for hydroxylation is 1. The zero-order chi connectivity index (χ0) is 24.1. The minimum Gasteiger partial charge on any atom is -0.454 e. The van der Waals surface area contributed by atoms with Crippen molar-refractivity contribution in [2.45, 2.75) is 24.5 Å². The van der Waals surface area contributed by atoms with Crippen molar-refractivity contribution in [3.63, 3.8) is 0 Å². The molecule has 1 N–H and O–H groups in total. The van der Waals surface area contributed by atoms with E-state index < -0.39 is 15.9 Å². The third kappa shape index (κ3) is 5.66. The second kappa shape index (κ2) is 10.4. The second-order valence-electron chi connectivity index (χ2n) is 7.74. The largest absolute Gasteiger partial charge is 0.454 e. The average Bonchev–Trinajstić information content (AvgIpc) is 3.31. The predicted octanol–water partition coefficient (Wildman–Crippen LogP) is 4.81. The van der Waals surface area contributed by atoms with Crippen LogP contribution in [-0.4, -0.2) is 33.4 Å². The van der Waals surface area contributed by atoms with Crippen molar-refractivity contribution >= 4 is 39.1 Å². The average molecular weight is 499 g/mol. The van der Waals surface area contributed by atoms with Crippen LogP contribution in [0.5, 0.6) is 11.5 Å². The first-order valence-corrected chi connectivity index (χ1v) is 13.4. The van der Waals surface area contributed by atoms with E-state index in [-0.39, 0.29) is 19.1 Å². The molecule has 1 heterocycles. The number of hydrogen-bond donors (Lipinski definition) is 1. The fourth-order valence-corrected chi connectivity index (χ4v) is 5.43. The molecule has 7 nitrogen and oxygen atoms in total. The van der Waals surface area contributed by atoms with E-state index in [2.05, 4.69) is 17.4 Å². The van der Waals surface area contributed by atoms with Crippen molar-refractivity contribution in [3.8, 4) is 11.5 Å². The highest BCUT2D eigenvalue weighted by Crippen LogP contribution is 2.36. The monoisotopic (exact) mass is 498 g/mol. The Labute approximate surface area is 204 Å². The summed E-state index contributed by atoms with van der Waals surface area (Å²) in [5.41, 5.74) is 3.05. The Morgan fingerprint density at radius 1 is 1.03 bits per heavy atom. The van der Waals surface area contributed by atoms with Gasteiger partial charge in [0, 0.05) is 22.4 Å². The van der Waals surface area contributed by atoms with Crippen LogP contribution < -0.4 is 19.1 Å². The second-order valence-corrected chi connectivity index (χ2v) is 11.0. The highest BCUT2D eigenvalue weighted by Gasteiger charge is 2.26. The van der Waals surface area contributed by atoms with Gasteiger partial charge in [-0.25, -0.2) is 8.42 Å². The van der Waals surface area contributed by atoms with E-state index >= 15 is 0 Å². The van der Waals surface area contributed by atoms with E-state index in [1.54, 1.807) is 36.9 Å². The number of hydrogen-bond acceptors (Lipinski definition) is 6. The number of anilines is 2. The van der Waals surface area contributed by atoms with Crippen LogP contribution in [0.25, 0.3) is 0 Å². The number of benzene rings is 3. The summed E-state index contributed by atoms with van der Waals surface area (Å²) in [6.07, 6.45) is 0. The van der Waals surface area contributed by atoms with Gasteiger partial charge >= 0.3 is 0 Å². The number of fused-ring (bicyclic) bond motifs is 1. The highest BCUT2D eigenvalue weighted by atomic mass is 32.2. The first-order chi connectivity index (χ1) is 16.4. The van der Waals surface area contributed by atoms with Crippen molar-refractivity contribution in [2.24, 2.45) is 0 Å². The van der Waals surface area contributed by atoms with E-state index in [1.807, 2.05) is 43.3 Å². The normalized spacial score (nSPS) is 12.4. The summed E-state index contributed by atoms with van der Waals surface area (Å²) in [4.78, 5) is 14.1. The molecule has 3 aromatic rings. The third-order valence-corrected chi connectivity index (χ3v) is 8.17. The van der Waals surface area contributed by atoms with E-state index in [4.69, 9.17) is 9.47 Å². The number of carbonyl (C=O) groups is 1. The lowest BCUT2D eigenvalue weighted by Crippen LogP contribution is -2.39. The van der Waals surface area contributed by atoms with Gasteiger partial charge in [-0.05, 0) is 55.3 Å². The minimum atomic E-state index is -3.70. The van der Waals surface area contributed by atoms with Crippen LogP contribution in [0.15, 0.2) is 71.6 Å². The number of nitrogens with one attached hydrogen (secondary N) is 1. The molecule has 0 aromatic heterocycles. The number of sulfonamides is 1. The van der Waals surface area contributed by atoms with Crippen LogP contribution in [0.3, 0.4) is 0 Å². The van der Waals surface area contributed by atoms with Gasteiger partial charge in [0.15, 0.2) is 11.5 Å². The standard InChI is InChI=1S/C25H26N2O5S2/c1-3-34(29,30)27(20-10-12-23-24(14-20)32-17-31-23)15-25(28)26-22-11-9-19(13-18(22)2)16-33-21-7-5-4-6-8-21/h4-14H,3,15-17H2,1-2H3,(H,26,28). The van der Waals surface area contributed by atoms with Gasteiger partial charge in [-0.1, -0.05) is 30.3 Å². The Bertz CT molecular complexity index is 1280. The van der Waals surface area contributed by atoms with Crippen LogP contribution in [-0.2, 0) is 20.6 Å². The summed E-state index contributed by atoms with van der Waals surface area (Å²) < 4.78 is 37.3. The molecule has 178 valence electrons. The van der Waals surface area contributed by atoms with Gasteiger partial charge in [-0.15, -0.1) is 11.8 Å². The summed E-state index contributed by atoms with van der Waals surface area (Å²) in [5.74, 6) is 1.24. The zero-order valence-corrected chi connectivity index (χ0v) is 20.6. The fraction of sp³-hybridized carbons (Fsp3) is 0.240. The van der Waals surface area contributed by atoms with E-state index in [9.17, 15) is 13.2 Å². The Morgan fingerprint density at radius 3 is 2.53 bits per heavy atom. The molecule has 1 aliphatic rings. The molecule has 3 aromatic carbocycles. The minimum absolute atomic E-state index is 0.0823. The number of nitrogens with zero attached hydrogens (tertiary/aromatic N) is 1. The molecule has 0 unspecified atom stereocenters. The molecule has 0 saturated carbocycles. The van der Waals surface area contributed by atoms with E-state index in [1.165, 1.54) is 4.90 Å². The highest BCUT2D eigenvalue weighted by molar-refractivity contribution is 7.98. The SMILES string of the molecule is CCS(=O)(=O)N(CC(=O)Nc1ccc(CSc2ccccc2)cc1C)c1ccc2c(c1)OCO2. The molecule has 4 rings (SSSR count). The predicted molar refractivity (Wildman–Crippen MR) is 135 cm³/mol. The summed E-state index contributed by atoms with van der Waals surface area (Å²) in [6.45, 7) is 3.20. The van der Waals surface area contributed by atoms with Crippen LogP contribution in [0.4, 0.5) is 11.4 Å². The third-order valence-electron chi connectivity index (χ3n) is 5.35. The number of ether oxygens (including phenoxy) is 2. The van der Waals surface area contributed by atoms with Crippen LogP contribution in [0, 0.1) is 6.92 Å². The molecule has 1 amide bonds. The Kier molecular flexibility index (Phi) is 7.33. The Morgan fingerprint density at radius 2 is 1.79 bits per heavy atom. The quantitative estimate of drug-likeness (QED) is 0.426. The van der Waals surface area contributed by atoms with Crippen molar-refractivity contribution in [1.29, 1.82) is 0 Å². The lowest BCUT2D eigenvalue weighted by Gasteiger charge is -2.23. The van der Waals surface area contributed by atoms with Gasteiger partial charge < -0.3 is 14.8 Å². The van der Waals surface area contributed by atoms with Crippen molar-refractivity contribution in [1.82, 2.24) is 0 Å². The molecule has 0 atom stereocenters. The molecule has 9 heteroatoms. The van der Waals surface area contributed by atoms with E-state index in [0.29, 0.717) is 22.9 Å². The molecule has 0 radical (unpaired) electrons. The number of rotatable bonds is 9. The smallest absolute Gasteiger partial charge is 0.245 e. The van der Waals surface area contributed by atoms with Gasteiger partial charge in [0.25, 0.3) is 0 Å². The van der Waals surface area contributed by atoms with Crippen LogP contribution in [0.2, 0.25) is 0 Å². The topological polar surface area (TPSA) is 84.9 Å². The molecular formula is C25H26N2O5S2. The Balaban J connectivity index is 1.45. The first-order valence-electron chi connectivity index (χ1n) is 10.8. The molecule has 0 saturated heterocycles. The van der Waals surface area contributed by atoms with Gasteiger partial charge in [-0.2, -0.15) is 0 Å². The van der Waals surface area contributed by atoms with Crippen molar-refractivity contribution in [2.75, 3.05) is 28.7 Å². The lowest BCUT2D eigenvalue weighted by molar-refractivity contribution is -0.114. The molecule has 0 spiro atoms. The first kappa shape index (κ1) is 24.0. The molecule has 34 heavy (non-hydrogen) atoms. The number of amides is 1. The Hall–Kier alpha value is -3.17. The summed E-state index contributed by atoms with van der Waals surface area (Å²) in [6, 6.07) is 20.8. The van der Waals surface area contributed by atoms with Crippen molar-refractivity contribution < 1.29 is 22.7 Å². The van der Waals surface area contributed by atoms with E-state index in [0.717, 1.165) is 21.2 Å². The molecular weight excluding hydrogens is 472 g/mol. The van der Waals surface area contributed by atoms with Crippen LogP contribution >= 0.6 is 11.8 Å². The van der Waals surface area contributed by atoms with Crippen molar-refractivity contribution in [3.05, 3.63) is 77.9 Å². The fourth-order valence-electron chi connectivity index (χ4n) is 3.51. The number of thioether (sulfide) groups is 1. The maximum Gasteiger partial charge on any atom is 0.245 e. The molecule has 0 aliphatic carbocycles. The van der Waals surface area contributed by atoms with Gasteiger partial charge in [0.2, 0.25) is 22.7 Å². The van der Waals surface area contributed by atoms with Gasteiger partial charge in [0.1, 0.15) is 6.54 Å². The zero-order valence-electron chi connectivity index (χ0n) is 19.0. The lowest BCUT2D eigenvalue weighted by atomic mass is 10.1. The maximum absolute atomic E-state index is 12.9. The molecule has 0 bridgehead atoms. The van der Waals surface area contributed by atoms with Crippen LogP contribution in [0.1, 0.15) is 18.1 Å². The number of carbonyl (C=O) groups excluding carboxylic acids is 1. The maximum atomic E-state index is 12.9. The van der Waals surface area contributed by atoms with Gasteiger partial charge in [-0.3, -0.25) is 9.10 Å². The summed E-state index contributed by atoms with van der Waals surface area (Å²) in [5, 5.41) is 2.85. The van der Waals surface area contributed by atoms with Gasteiger partial charge in [0.05, 0.1) is 11.4 Å². The molecule has 0 fully saturated rings.